The van der Waals surface area contributed by atoms with Gasteiger partial charge >= 0.3 is 0 Å². The average molecular weight is 580 g/mol. The molecule has 0 saturated heterocycles. The Balaban J connectivity index is 1.83. The molecular weight excluding hydrogens is 538 g/mol. The molecule has 0 aliphatic carbocycles. The summed E-state index contributed by atoms with van der Waals surface area (Å²) < 4.78 is 32.7. The van der Waals surface area contributed by atoms with Gasteiger partial charge in [0.1, 0.15) is 24.9 Å². The summed E-state index contributed by atoms with van der Waals surface area (Å²) in [6, 6.07) is 23.3. The largest absolute Gasteiger partial charge is 0.489 e. The maximum absolute atomic E-state index is 13.8. The molecule has 0 aromatic heterocycles. The van der Waals surface area contributed by atoms with Crippen molar-refractivity contribution in [1.82, 2.24) is 10.2 Å². The van der Waals surface area contributed by atoms with Gasteiger partial charge in [-0.3, -0.25) is 13.9 Å². The number of carbonyl (C=O) groups is 2. The zero-order chi connectivity index (χ0) is 29.8. The summed E-state index contributed by atoms with van der Waals surface area (Å²) in [5, 5.41) is 2.93. The predicted molar refractivity (Wildman–Crippen MR) is 163 cm³/mol. The molecule has 220 valence electrons. The number of nitrogens with one attached hydrogen (secondary N) is 1. The molecule has 0 aliphatic heterocycles. The lowest BCUT2D eigenvalue weighted by molar-refractivity contribution is -0.140. The first-order valence-electron chi connectivity index (χ1n) is 14.0. The minimum atomic E-state index is -3.82. The van der Waals surface area contributed by atoms with Gasteiger partial charge in [-0.2, -0.15) is 0 Å². The van der Waals surface area contributed by atoms with Crippen LogP contribution in [0, 0.1) is 6.92 Å². The van der Waals surface area contributed by atoms with E-state index in [0.717, 1.165) is 40.1 Å². The van der Waals surface area contributed by atoms with Crippen molar-refractivity contribution in [3.63, 3.8) is 0 Å². The van der Waals surface area contributed by atoms with E-state index in [1.165, 1.54) is 4.90 Å². The van der Waals surface area contributed by atoms with Crippen molar-refractivity contribution in [2.75, 3.05) is 23.7 Å². The van der Waals surface area contributed by atoms with Gasteiger partial charge in [0, 0.05) is 13.1 Å². The minimum absolute atomic E-state index is 0.185. The lowest BCUT2D eigenvalue weighted by Gasteiger charge is -2.33. The molecule has 8 nitrogen and oxygen atoms in total. The molecule has 0 saturated carbocycles. The Labute approximate surface area is 244 Å². The van der Waals surface area contributed by atoms with E-state index in [-0.39, 0.29) is 12.5 Å². The van der Waals surface area contributed by atoms with Gasteiger partial charge in [0.25, 0.3) is 0 Å². The van der Waals surface area contributed by atoms with E-state index in [9.17, 15) is 18.0 Å². The van der Waals surface area contributed by atoms with Crippen LogP contribution in [0.25, 0.3) is 0 Å². The number of nitrogens with zero attached hydrogens (tertiary/aromatic N) is 2. The van der Waals surface area contributed by atoms with Gasteiger partial charge in [0.2, 0.25) is 21.8 Å². The fourth-order valence-corrected chi connectivity index (χ4v) is 5.35. The summed E-state index contributed by atoms with van der Waals surface area (Å²) in [5.41, 5.74) is 3.24. The summed E-state index contributed by atoms with van der Waals surface area (Å²) in [7, 11) is -3.82. The number of amides is 2. The molecule has 1 atom stereocenters. The van der Waals surface area contributed by atoms with Crippen LogP contribution in [0.5, 0.6) is 5.75 Å². The van der Waals surface area contributed by atoms with Crippen molar-refractivity contribution in [1.29, 1.82) is 0 Å². The van der Waals surface area contributed by atoms with E-state index < -0.39 is 28.5 Å². The number of ether oxygens (including phenoxy) is 1. The molecule has 1 N–H and O–H groups in total. The van der Waals surface area contributed by atoms with Crippen LogP contribution in [-0.2, 0) is 32.8 Å². The van der Waals surface area contributed by atoms with Crippen LogP contribution in [0.4, 0.5) is 5.69 Å². The summed E-state index contributed by atoms with van der Waals surface area (Å²) in [5.74, 6) is -0.125. The Morgan fingerprint density at radius 2 is 1.61 bits per heavy atom. The van der Waals surface area contributed by atoms with Crippen molar-refractivity contribution in [2.24, 2.45) is 0 Å². The first kappa shape index (κ1) is 31.7. The maximum atomic E-state index is 13.8. The summed E-state index contributed by atoms with van der Waals surface area (Å²) in [6.45, 7) is 6.50. The van der Waals surface area contributed by atoms with E-state index in [1.54, 1.807) is 24.3 Å². The van der Waals surface area contributed by atoms with E-state index in [2.05, 4.69) is 5.32 Å². The van der Waals surface area contributed by atoms with Crippen LogP contribution in [0.3, 0.4) is 0 Å². The molecular formula is C32H41N3O5S. The smallest absolute Gasteiger partial charge is 0.244 e. The second-order valence-electron chi connectivity index (χ2n) is 10.1. The normalized spacial score (nSPS) is 11.9. The predicted octanol–water partition coefficient (Wildman–Crippen LogP) is 5.06. The zero-order valence-electron chi connectivity index (χ0n) is 24.4. The number of sulfonamides is 1. The van der Waals surface area contributed by atoms with Gasteiger partial charge in [0.05, 0.1) is 11.9 Å². The van der Waals surface area contributed by atoms with Gasteiger partial charge in [-0.15, -0.1) is 0 Å². The second-order valence-corrected chi connectivity index (χ2v) is 12.0. The molecule has 3 aromatic rings. The lowest BCUT2D eigenvalue weighted by Crippen LogP contribution is -2.52. The van der Waals surface area contributed by atoms with E-state index >= 15 is 0 Å². The van der Waals surface area contributed by atoms with Gasteiger partial charge in [-0.05, 0) is 55.2 Å². The van der Waals surface area contributed by atoms with Crippen molar-refractivity contribution < 1.29 is 22.7 Å². The Hall–Kier alpha value is -3.85. The van der Waals surface area contributed by atoms with E-state index in [1.807, 2.05) is 75.4 Å². The molecule has 9 heteroatoms. The van der Waals surface area contributed by atoms with Crippen molar-refractivity contribution in [3.05, 3.63) is 95.6 Å². The maximum Gasteiger partial charge on any atom is 0.244 e. The highest BCUT2D eigenvalue weighted by Crippen LogP contribution is 2.23. The van der Waals surface area contributed by atoms with E-state index in [0.29, 0.717) is 31.0 Å². The Morgan fingerprint density at radius 3 is 2.22 bits per heavy atom. The molecule has 0 fully saturated rings. The SMILES string of the molecule is CCCCNC(=O)C(CC)N(Cc1cccc(C)c1)C(=O)CN(c1ccc(OCc2ccccc2)cc1)S(C)(=O)=O. The fraction of sp³-hybridized carbons (Fsp3) is 0.375. The molecule has 0 radical (unpaired) electrons. The third kappa shape index (κ3) is 9.63. The number of rotatable bonds is 15. The molecule has 3 aromatic carbocycles. The molecule has 0 bridgehead atoms. The standard InChI is InChI=1S/C32H41N3O5S/c1-5-7-20-33-32(37)30(6-2)34(22-27-15-11-12-25(3)21-27)31(36)23-35(41(4,38)39)28-16-18-29(19-17-28)40-24-26-13-9-8-10-14-26/h8-19,21,30H,5-7,20,22-24H2,1-4H3,(H,33,37). The Bertz CT molecular complexity index is 1380. The number of aryl methyl sites for hydroxylation is 1. The number of carbonyl (C=O) groups excluding carboxylic acids is 2. The van der Waals surface area contributed by atoms with Crippen LogP contribution in [0.2, 0.25) is 0 Å². The number of hydrogen-bond acceptors (Lipinski definition) is 5. The van der Waals surface area contributed by atoms with Crippen LogP contribution >= 0.6 is 0 Å². The highest BCUT2D eigenvalue weighted by molar-refractivity contribution is 7.92. The topological polar surface area (TPSA) is 96.0 Å². The van der Waals surface area contributed by atoms with Crippen molar-refractivity contribution in [3.8, 4) is 5.75 Å². The van der Waals surface area contributed by atoms with Crippen LogP contribution in [-0.4, -0.2) is 50.5 Å². The van der Waals surface area contributed by atoms with Gasteiger partial charge in [-0.25, -0.2) is 8.42 Å². The quantitative estimate of drug-likeness (QED) is 0.254. The summed E-state index contributed by atoms with van der Waals surface area (Å²) in [6.07, 6.45) is 3.23. The summed E-state index contributed by atoms with van der Waals surface area (Å²) in [4.78, 5) is 28.5. The molecule has 0 heterocycles. The van der Waals surface area contributed by atoms with Gasteiger partial charge in [0.15, 0.2) is 0 Å². The van der Waals surface area contributed by atoms with Crippen LogP contribution in [0.1, 0.15) is 49.8 Å². The fourth-order valence-electron chi connectivity index (χ4n) is 4.50. The molecule has 0 aliphatic rings. The first-order valence-corrected chi connectivity index (χ1v) is 15.8. The highest BCUT2D eigenvalue weighted by atomic mass is 32.2. The third-order valence-corrected chi connectivity index (χ3v) is 7.84. The summed E-state index contributed by atoms with van der Waals surface area (Å²) >= 11 is 0. The van der Waals surface area contributed by atoms with E-state index in [4.69, 9.17) is 4.74 Å². The third-order valence-electron chi connectivity index (χ3n) is 6.70. The number of anilines is 1. The van der Waals surface area contributed by atoms with Crippen LogP contribution < -0.4 is 14.4 Å². The van der Waals surface area contributed by atoms with Crippen molar-refractivity contribution in [2.45, 2.75) is 59.2 Å². The minimum Gasteiger partial charge on any atom is -0.489 e. The Kier molecular flexibility index (Phi) is 11.8. The monoisotopic (exact) mass is 579 g/mol. The molecule has 2 amide bonds. The molecule has 3 rings (SSSR count). The first-order chi connectivity index (χ1) is 19.6. The highest BCUT2D eigenvalue weighted by Gasteiger charge is 2.31. The molecule has 0 spiro atoms. The Morgan fingerprint density at radius 1 is 0.927 bits per heavy atom. The lowest BCUT2D eigenvalue weighted by atomic mass is 10.1. The number of benzene rings is 3. The van der Waals surface area contributed by atoms with Gasteiger partial charge < -0.3 is 15.0 Å². The average Bonchev–Trinajstić information content (AvgIpc) is 2.95. The number of unbranched alkanes of at least 4 members (excludes halogenated alkanes) is 1. The van der Waals surface area contributed by atoms with Gasteiger partial charge in [-0.1, -0.05) is 80.4 Å². The number of hydrogen-bond donors (Lipinski definition) is 1. The second kappa shape index (κ2) is 15.2. The zero-order valence-corrected chi connectivity index (χ0v) is 25.2. The van der Waals surface area contributed by atoms with Crippen LogP contribution in [0.15, 0.2) is 78.9 Å². The molecule has 41 heavy (non-hydrogen) atoms. The van der Waals surface area contributed by atoms with Crippen molar-refractivity contribution >= 4 is 27.5 Å². The molecule has 1 unspecified atom stereocenters.